The predicted octanol–water partition coefficient (Wildman–Crippen LogP) is 1.09. The fraction of sp³-hybridized carbons (Fsp3) is 0.600. The third kappa shape index (κ3) is 6.04. The van der Waals surface area contributed by atoms with Gasteiger partial charge in [-0.05, 0) is 6.92 Å². The van der Waals surface area contributed by atoms with Crippen molar-refractivity contribution < 1.29 is 39.3 Å². The smallest absolute Gasteiger partial charge is 0.300 e. The maximum atomic E-state index is 11.3. The zero-order chi connectivity index (χ0) is 8.36. The van der Waals surface area contributed by atoms with Gasteiger partial charge >= 0.3 is 22.7 Å². The number of hydrogen-bond donors (Lipinski definition) is 0. The van der Waals surface area contributed by atoms with Crippen LogP contribution < -0.4 is 0 Å². The number of halogens is 3. The molecule has 0 heterocycles. The second kappa shape index (κ2) is 4.49. The van der Waals surface area contributed by atoms with Crippen molar-refractivity contribution in [1.29, 1.82) is 0 Å². The minimum Gasteiger partial charge on any atom is -0.300 e. The van der Waals surface area contributed by atoms with Gasteiger partial charge < -0.3 is 0 Å². The zero-order valence-corrected chi connectivity index (χ0v) is 6.46. The van der Waals surface area contributed by atoms with Gasteiger partial charge in [-0.15, -0.1) is 0 Å². The summed E-state index contributed by atoms with van der Waals surface area (Å²) in [6, 6.07) is 0. The molecule has 0 aliphatic rings. The first-order valence-corrected chi connectivity index (χ1v) is 2.43. The average molecular weight is 213 g/mol. The summed E-state index contributed by atoms with van der Waals surface area (Å²) in [4.78, 5) is 19.9. The Morgan fingerprint density at radius 1 is 1.27 bits per heavy atom. The normalized spacial score (nSPS) is 10.2. The first kappa shape index (κ1) is 13.2. The van der Waals surface area contributed by atoms with Crippen molar-refractivity contribution in [2.75, 3.05) is 0 Å². The van der Waals surface area contributed by atoms with Gasteiger partial charge in [0.25, 0.3) is 0 Å². The Bertz CT molecular complexity index is 164. The van der Waals surface area contributed by atoms with Crippen LogP contribution in [0.3, 0.4) is 0 Å². The minimum absolute atomic E-state index is 0. The number of alkyl halides is 3. The molecule has 0 aliphatic heterocycles. The van der Waals surface area contributed by atoms with Gasteiger partial charge in [0.05, 0.1) is 6.42 Å². The van der Waals surface area contributed by atoms with E-state index in [0.717, 1.165) is 6.92 Å². The van der Waals surface area contributed by atoms with Crippen LogP contribution >= 0.6 is 0 Å². The number of Topliss-reactive ketones (excluding diaryl/α,β-unsaturated/α-hetero) is 2. The van der Waals surface area contributed by atoms with Gasteiger partial charge in [0.15, 0.2) is 0 Å². The van der Waals surface area contributed by atoms with Crippen LogP contribution in [0.1, 0.15) is 13.3 Å². The first-order valence-electron chi connectivity index (χ1n) is 2.43. The Morgan fingerprint density at radius 2 is 1.64 bits per heavy atom. The summed E-state index contributed by atoms with van der Waals surface area (Å²) in [6.45, 7) is 0.934. The molecule has 0 saturated carbocycles. The SMILES string of the molecule is CC(=O)CC(=O)C(F)(F)F.[Ni+2]. The van der Waals surface area contributed by atoms with Crippen molar-refractivity contribution in [3.63, 3.8) is 0 Å². The topological polar surface area (TPSA) is 34.1 Å². The molecule has 0 rings (SSSR count). The summed E-state index contributed by atoms with van der Waals surface area (Å²) < 4.78 is 33.9. The fourth-order valence-corrected chi connectivity index (χ4v) is 0.326. The summed E-state index contributed by atoms with van der Waals surface area (Å²) in [5.74, 6) is -2.76. The maximum Gasteiger partial charge on any atom is 2.00 e. The largest absolute Gasteiger partial charge is 2.00 e. The van der Waals surface area contributed by atoms with Crippen LogP contribution in [0, 0.1) is 0 Å². The van der Waals surface area contributed by atoms with Crippen LogP contribution in [-0.2, 0) is 26.1 Å². The molecule has 0 spiro atoms. The number of carbonyl (C=O) groups excluding carboxylic acids is 2. The number of ketones is 2. The molecule has 0 aliphatic carbocycles. The molecule has 0 amide bonds. The summed E-state index contributed by atoms with van der Waals surface area (Å²) in [5.41, 5.74) is 0. The van der Waals surface area contributed by atoms with Gasteiger partial charge in [-0.1, -0.05) is 0 Å². The third-order valence-corrected chi connectivity index (χ3v) is 0.726. The van der Waals surface area contributed by atoms with Crippen LogP contribution in [0.5, 0.6) is 0 Å². The van der Waals surface area contributed by atoms with Gasteiger partial charge in [-0.2, -0.15) is 13.2 Å². The van der Waals surface area contributed by atoms with E-state index < -0.39 is 24.2 Å². The predicted molar refractivity (Wildman–Crippen MR) is 26.4 cm³/mol. The second-order valence-corrected chi connectivity index (χ2v) is 1.80. The standard InChI is InChI=1S/C5H5F3O2.Ni/c1-3(9)2-4(10)5(6,7)8;/h2H2,1H3;/q;+2. The van der Waals surface area contributed by atoms with Crippen LogP contribution in [0.2, 0.25) is 0 Å². The Labute approximate surface area is 71.1 Å². The summed E-state index contributed by atoms with van der Waals surface area (Å²) in [6.07, 6.45) is -5.92. The number of hydrogen-bond acceptors (Lipinski definition) is 2. The number of carbonyl (C=O) groups is 2. The minimum atomic E-state index is -4.87. The van der Waals surface area contributed by atoms with E-state index in [2.05, 4.69) is 0 Å². The monoisotopic (exact) mass is 212 g/mol. The van der Waals surface area contributed by atoms with Crippen molar-refractivity contribution >= 4 is 11.6 Å². The summed E-state index contributed by atoms with van der Waals surface area (Å²) in [5, 5.41) is 0. The molecule has 0 fully saturated rings. The van der Waals surface area contributed by atoms with Crippen LogP contribution in [0.15, 0.2) is 0 Å². The summed E-state index contributed by atoms with van der Waals surface area (Å²) in [7, 11) is 0. The molecule has 0 aromatic rings. The molecule has 0 aromatic carbocycles. The van der Waals surface area contributed by atoms with Crippen LogP contribution in [0.4, 0.5) is 13.2 Å². The number of rotatable bonds is 2. The van der Waals surface area contributed by atoms with Crippen molar-refractivity contribution in [2.45, 2.75) is 19.5 Å². The van der Waals surface area contributed by atoms with Gasteiger partial charge in [-0.3, -0.25) is 9.59 Å². The van der Waals surface area contributed by atoms with E-state index in [0.29, 0.717) is 0 Å². The Kier molecular flexibility index (Phi) is 5.40. The van der Waals surface area contributed by atoms with Crippen molar-refractivity contribution in [3.05, 3.63) is 0 Å². The van der Waals surface area contributed by atoms with Crippen molar-refractivity contribution in [2.24, 2.45) is 0 Å². The molecule has 0 radical (unpaired) electrons. The zero-order valence-electron chi connectivity index (χ0n) is 5.47. The van der Waals surface area contributed by atoms with Crippen molar-refractivity contribution in [1.82, 2.24) is 0 Å². The molecule has 0 N–H and O–H groups in total. The molecule has 0 atom stereocenters. The van der Waals surface area contributed by atoms with Crippen LogP contribution in [-0.4, -0.2) is 17.7 Å². The van der Waals surface area contributed by atoms with E-state index in [1.54, 1.807) is 0 Å². The molecule has 0 aromatic heterocycles. The molecule has 0 saturated heterocycles. The third-order valence-electron chi connectivity index (χ3n) is 0.726. The fourth-order valence-electron chi connectivity index (χ4n) is 0.326. The van der Waals surface area contributed by atoms with Crippen LogP contribution in [0.25, 0.3) is 0 Å². The summed E-state index contributed by atoms with van der Waals surface area (Å²) >= 11 is 0. The van der Waals surface area contributed by atoms with E-state index in [-0.39, 0.29) is 16.5 Å². The van der Waals surface area contributed by atoms with E-state index in [4.69, 9.17) is 0 Å². The van der Waals surface area contributed by atoms with E-state index >= 15 is 0 Å². The first-order chi connectivity index (χ1) is 4.34. The maximum absolute atomic E-state index is 11.3. The van der Waals surface area contributed by atoms with E-state index in [9.17, 15) is 22.8 Å². The Hall–Kier alpha value is -0.376. The molecule has 11 heavy (non-hydrogen) atoms. The second-order valence-electron chi connectivity index (χ2n) is 1.80. The Balaban J connectivity index is 0. The van der Waals surface area contributed by atoms with Gasteiger partial charge in [0.1, 0.15) is 5.78 Å². The quantitative estimate of drug-likeness (QED) is 0.508. The molecule has 0 bridgehead atoms. The van der Waals surface area contributed by atoms with Gasteiger partial charge in [-0.25, -0.2) is 0 Å². The van der Waals surface area contributed by atoms with E-state index in [1.807, 2.05) is 0 Å². The Morgan fingerprint density at radius 3 is 1.73 bits per heavy atom. The average Bonchev–Trinajstić information content (AvgIpc) is 1.60. The molecule has 66 valence electrons. The molecule has 0 unspecified atom stereocenters. The molecule has 6 heteroatoms. The van der Waals surface area contributed by atoms with E-state index in [1.165, 1.54) is 0 Å². The molecule has 2 nitrogen and oxygen atoms in total. The van der Waals surface area contributed by atoms with Gasteiger partial charge in [0, 0.05) is 0 Å². The molecular weight excluding hydrogens is 208 g/mol. The van der Waals surface area contributed by atoms with Gasteiger partial charge in [0.2, 0.25) is 5.78 Å². The van der Waals surface area contributed by atoms with Crippen molar-refractivity contribution in [3.8, 4) is 0 Å². The molecular formula is C5H5F3NiO2+2.